The van der Waals surface area contributed by atoms with Crippen molar-refractivity contribution in [2.24, 2.45) is 0 Å². The third-order valence-electron chi connectivity index (χ3n) is 3.19. The molecule has 1 nitrogen and oxygen atoms in total. The van der Waals surface area contributed by atoms with Gasteiger partial charge in [0.2, 0.25) is 0 Å². The van der Waals surface area contributed by atoms with Gasteiger partial charge in [-0.2, -0.15) is 0 Å². The van der Waals surface area contributed by atoms with E-state index in [1.54, 1.807) is 0 Å². The van der Waals surface area contributed by atoms with E-state index in [9.17, 15) is 4.79 Å². The summed E-state index contributed by atoms with van der Waals surface area (Å²) in [6.45, 7) is 4.34. The molecule has 0 radical (unpaired) electrons. The minimum Gasteiger partial charge on any atom is -0.294 e. The van der Waals surface area contributed by atoms with Crippen LogP contribution in [0.4, 0.5) is 0 Å². The highest BCUT2D eigenvalue weighted by Gasteiger charge is 2.04. The van der Waals surface area contributed by atoms with Crippen molar-refractivity contribution in [3.63, 3.8) is 0 Å². The van der Waals surface area contributed by atoms with Gasteiger partial charge in [-0.15, -0.1) is 0 Å². The molecular weight excluding hydrogens is 208 g/mol. The van der Waals surface area contributed by atoms with E-state index in [2.05, 4.69) is 26.0 Å². The van der Waals surface area contributed by atoms with Gasteiger partial charge in [0.25, 0.3) is 0 Å². The van der Waals surface area contributed by atoms with Gasteiger partial charge in [-0.05, 0) is 18.4 Å². The molecule has 0 heterocycles. The normalized spacial score (nSPS) is 10.5. The second-order valence-corrected chi connectivity index (χ2v) is 4.64. The van der Waals surface area contributed by atoms with Crippen LogP contribution < -0.4 is 0 Å². The Labute approximate surface area is 105 Å². The number of benzene rings is 1. The van der Waals surface area contributed by atoms with Gasteiger partial charge >= 0.3 is 0 Å². The molecule has 0 unspecified atom stereocenters. The Morgan fingerprint density at radius 3 is 2.18 bits per heavy atom. The summed E-state index contributed by atoms with van der Waals surface area (Å²) in [5.41, 5.74) is 2.17. The first-order valence-corrected chi connectivity index (χ1v) is 6.90. The van der Waals surface area contributed by atoms with Crippen molar-refractivity contribution in [3.05, 3.63) is 35.4 Å². The fraction of sp³-hybridized carbons (Fsp3) is 0.562. The molecule has 0 saturated carbocycles. The first-order valence-electron chi connectivity index (χ1n) is 6.90. The van der Waals surface area contributed by atoms with Gasteiger partial charge < -0.3 is 0 Å². The Hall–Kier alpha value is -1.11. The summed E-state index contributed by atoms with van der Waals surface area (Å²) in [5.74, 6) is 0.296. The number of hydrogen-bond acceptors (Lipinski definition) is 1. The summed E-state index contributed by atoms with van der Waals surface area (Å²) < 4.78 is 0. The summed E-state index contributed by atoms with van der Waals surface area (Å²) in [5, 5.41) is 0. The molecule has 0 aliphatic rings. The Morgan fingerprint density at radius 2 is 1.59 bits per heavy atom. The zero-order chi connectivity index (χ0) is 12.5. The second-order valence-electron chi connectivity index (χ2n) is 4.64. The SMILES string of the molecule is CCCCCCCC(=O)c1ccc(CC)cc1. The third kappa shape index (κ3) is 5.16. The lowest BCUT2D eigenvalue weighted by atomic mass is 10.0. The number of aryl methyl sites for hydroxylation is 1. The molecule has 94 valence electrons. The first-order chi connectivity index (χ1) is 8.27. The number of hydrogen-bond donors (Lipinski definition) is 0. The summed E-state index contributed by atoms with van der Waals surface area (Å²) in [6.07, 6.45) is 7.77. The Bertz CT molecular complexity index is 324. The second kappa shape index (κ2) is 8.05. The van der Waals surface area contributed by atoms with Crippen molar-refractivity contribution in [2.45, 2.75) is 58.8 Å². The predicted octanol–water partition coefficient (Wildman–Crippen LogP) is 4.79. The van der Waals surface area contributed by atoms with Crippen LogP contribution in [0.15, 0.2) is 24.3 Å². The highest BCUT2D eigenvalue weighted by Crippen LogP contribution is 2.11. The van der Waals surface area contributed by atoms with Crippen LogP contribution in [0.5, 0.6) is 0 Å². The van der Waals surface area contributed by atoms with Gasteiger partial charge in [-0.25, -0.2) is 0 Å². The lowest BCUT2D eigenvalue weighted by Gasteiger charge is -2.02. The molecule has 1 aromatic rings. The molecule has 0 aromatic heterocycles. The minimum absolute atomic E-state index is 0.296. The van der Waals surface area contributed by atoms with Crippen molar-refractivity contribution >= 4 is 5.78 Å². The van der Waals surface area contributed by atoms with Crippen LogP contribution >= 0.6 is 0 Å². The molecule has 0 bridgehead atoms. The molecule has 0 aliphatic carbocycles. The number of Topliss-reactive ketones (excluding diaryl/α,β-unsaturated/α-hetero) is 1. The van der Waals surface area contributed by atoms with E-state index in [1.807, 2.05) is 12.1 Å². The predicted molar refractivity (Wildman–Crippen MR) is 73.5 cm³/mol. The van der Waals surface area contributed by atoms with E-state index >= 15 is 0 Å². The van der Waals surface area contributed by atoms with Crippen LogP contribution in [0.2, 0.25) is 0 Å². The van der Waals surface area contributed by atoms with Crippen molar-refractivity contribution in [1.82, 2.24) is 0 Å². The van der Waals surface area contributed by atoms with Crippen LogP contribution in [0.3, 0.4) is 0 Å². The largest absolute Gasteiger partial charge is 0.294 e. The maximum absolute atomic E-state index is 11.9. The van der Waals surface area contributed by atoms with Crippen LogP contribution in [0.1, 0.15) is 68.3 Å². The molecule has 0 spiro atoms. The van der Waals surface area contributed by atoms with Crippen molar-refractivity contribution < 1.29 is 4.79 Å². The molecule has 17 heavy (non-hydrogen) atoms. The lowest BCUT2D eigenvalue weighted by molar-refractivity contribution is 0.0979. The van der Waals surface area contributed by atoms with Gasteiger partial charge in [-0.1, -0.05) is 63.8 Å². The molecular formula is C16H24O. The Morgan fingerprint density at radius 1 is 0.941 bits per heavy atom. The maximum Gasteiger partial charge on any atom is 0.162 e. The maximum atomic E-state index is 11.9. The van der Waals surface area contributed by atoms with Gasteiger partial charge in [0, 0.05) is 12.0 Å². The van der Waals surface area contributed by atoms with Gasteiger partial charge in [0.15, 0.2) is 5.78 Å². The first kappa shape index (κ1) is 14.0. The molecule has 0 atom stereocenters. The van der Waals surface area contributed by atoms with Crippen molar-refractivity contribution in [3.8, 4) is 0 Å². The number of rotatable bonds is 8. The van der Waals surface area contributed by atoms with E-state index in [0.717, 1.165) is 18.4 Å². The van der Waals surface area contributed by atoms with E-state index in [4.69, 9.17) is 0 Å². The number of carbonyl (C=O) groups is 1. The molecule has 1 heteroatoms. The van der Waals surface area contributed by atoms with E-state index < -0.39 is 0 Å². The molecule has 0 amide bonds. The monoisotopic (exact) mass is 232 g/mol. The average molecular weight is 232 g/mol. The van der Waals surface area contributed by atoms with Gasteiger partial charge in [0.05, 0.1) is 0 Å². The van der Waals surface area contributed by atoms with Crippen LogP contribution in [-0.2, 0) is 6.42 Å². The van der Waals surface area contributed by atoms with Crippen LogP contribution in [0, 0.1) is 0 Å². The lowest BCUT2D eigenvalue weighted by Crippen LogP contribution is -1.99. The average Bonchev–Trinajstić information content (AvgIpc) is 2.38. The summed E-state index contributed by atoms with van der Waals surface area (Å²) >= 11 is 0. The summed E-state index contributed by atoms with van der Waals surface area (Å²) in [6, 6.07) is 8.05. The van der Waals surface area contributed by atoms with E-state index in [-0.39, 0.29) is 0 Å². The van der Waals surface area contributed by atoms with E-state index in [0.29, 0.717) is 12.2 Å². The number of unbranched alkanes of at least 4 members (excludes halogenated alkanes) is 4. The van der Waals surface area contributed by atoms with Crippen LogP contribution in [0.25, 0.3) is 0 Å². The minimum atomic E-state index is 0.296. The number of carbonyl (C=O) groups excluding carboxylic acids is 1. The third-order valence-corrected chi connectivity index (χ3v) is 3.19. The van der Waals surface area contributed by atoms with Crippen molar-refractivity contribution in [2.75, 3.05) is 0 Å². The topological polar surface area (TPSA) is 17.1 Å². The molecule has 1 aromatic carbocycles. The molecule has 0 saturated heterocycles. The standard InChI is InChI=1S/C16H24O/c1-3-5-6-7-8-9-16(17)15-12-10-14(4-2)11-13-15/h10-13H,3-9H2,1-2H3. The van der Waals surface area contributed by atoms with Crippen LogP contribution in [-0.4, -0.2) is 5.78 Å². The molecule has 0 aliphatic heterocycles. The van der Waals surface area contributed by atoms with E-state index in [1.165, 1.54) is 31.2 Å². The Kier molecular flexibility index (Phi) is 6.61. The molecule has 0 fully saturated rings. The Balaban J connectivity index is 2.31. The highest BCUT2D eigenvalue weighted by atomic mass is 16.1. The van der Waals surface area contributed by atoms with Crippen molar-refractivity contribution in [1.29, 1.82) is 0 Å². The summed E-state index contributed by atoms with van der Waals surface area (Å²) in [7, 11) is 0. The summed E-state index contributed by atoms with van der Waals surface area (Å²) in [4.78, 5) is 11.9. The zero-order valence-electron chi connectivity index (χ0n) is 11.2. The number of ketones is 1. The fourth-order valence-electron chi connectivity index (χ4n) is 1.96. The van der Waals surface area contributed by atoms with Gasteiger partial charge in [-0.3, -0.25) is 4.79 Å². The molecule has 0 N–H and O–H groups in total. The fourth-order valence-corrected chi connectivity index (χ4v) is 1.96. The smallest absolute Gasteiger partial charge is 0.162 e. The van der Waals surface area contributed by atoms with Gasteiger partial charge in [0.1, 0.15) is 0 Å². The highest BCUT2D eigenvalue weighted by molar-refractivity contribution is 5.96. The molecule has 1 rings (SSSR count). The zero-order valence-corrected chi connectivity index (χ0v) is 11.2. The quantitative estimate of drug-likeness (QED) is 0.465.